The highest BCUT2D eigenvalue weighted by molar-refractivity contribution is 7.18. The highest BCUT2D eigenvalue weighted by Gasteiger charge is 2.11. The number of nitrogens with two attached hydrogens (primary N) is 1. The number of hydrogen-bond acceptors (Lipinski definition) is 5. The molecule has 2 aromatic rings. The first-order valence-corrected chi connectivity index (χ1v) is 6.98. The minimum Gasteiger partial charge on any atom is -0.330 e. The van der Waals surface area contributed by atoms with Crippen molar-refractivity contribution in [3.8, 4) is 10.6 Å². The third kappa shape index (κ3) is 4.42. The molecule has 0 aliphatic carbocycles. The molecule has 0 fully saturated rings. The summed E-state index contributed by atoms with van der Waals surface area (Å²) in [6.45, 7) is 0.494. The number of carbonyl (C=O) groups excluding carboxylic acids is 1. The van der Waals surface area contributed by atoms with Crippen molar-refractivity contribution < 1.29 is 4.79 Å². The van der Waals surface area contributed by atoms with E-state index in [2.05, 4.69) is 15.5 Å². The van der Waals surface area contributed by atoms with Gasteiger partial charge in [0, 0.05) is 12.0 Å². The Morgan fingerprint density at radius 3 is 2.80 bits per heavy atom. The SMILES string of the molecule is Cl.NCCCC(=O)Nc1nnc(-c2ccccc2Cl)s1. The topological polar surface area (TPSA) is 80.9 Å². The molecule has 1 aromatic heterocycles. The summed E-state index contributed by atoms with van der Waals surface area (Å²) in [5.41, 5.74) is 6.16. The van der Waals surface area contributed by atoms with Crippen LogP contribution >= 0.6 is 35.3 Å². The monoisotopic (exact) mass is 332 g/mol. The van der Waals surface area contributed by atoms with E-state index in [0.29, 0.717) is 34.5 Å². The number of anilines is 1. The number of carbonyl (C=O) groups is 1. The Morgan fingerprint density at radius 1 is 1.35 bits per heavy atom. The lowest BCUT2D eigenvalue weighted by molar-refractivity contribution is -0.116. The maximum Gasteiger partial charge on any atom is 0.226 e. The van der Waals surface area contributed by atoms with Crippen LogP contribution in [0.3, 0.4) is 0 Å². The van der Waals surface area contributed by atoms with Crippen LogP contribution in [-0.4, -0.2) is 22.6 Å². The third-order valence-electron chi connectivity index (χ3n) is 2.38. The summed E-state index contributed by atoms with van der Waals surface area (Å²) in [6.07, 6.45) is 1.04. The minimum atomic E-state index is -0.104. The molecular weight excluding hydrogens is 319 g/mol. The van der Waals surface area contributed by atoms with Crippen molar-refractivity contribution in [2.45, 2.75) is 12.8 Å². The number of aromatic nitrogens is 2. The second-order valence-corrected chi connectivity index (χ2v) is 5.22. The van der Waals surface area contributed by atoms with Gasteiger partial charge in [-0.2, -0.15) is 0 Å². The van der Waals surface area contributed by atoms with Crippen molar-refractivity contribution >= 4 is 46.4 Å². The van der Waals surface area contributed by atoms with Crippen molar-refractivity contribution in [2.24, 2.45) is 5.73 Å². The van der Waals surface area contributed by atoms with E-state index in [1.807, 2.05) is 18.2 Å². The zero-order valence-electron chi connectivity index (χ0n) is 10.5. The standard InChI is InChI=1S/C12H13ClN4OS.ClH/c13-9-5-2-1-4-8(9)11-16-17-12(19-11)15-10(18)6-3-7-14;/h1-2,4-5H,3,6-7,14H2,(H,15,17,18);1H. The van der Waals surface area contributed by atoms with Crippen LogP contribution in [0.2, 0.25) is 5.02 Å². The molecule has 0 aliphatic rings. The zero-order valence-corrected chi connectivity index (χ0v) is 12.9. The molecule has 0 atom stereocenters. The van der Waals surface area contributed by atoms with Gasteiger partial charge < -0.3 is 11.1 Å². The first-order chi connectivity index (χ1) is 9.20. The molecule has 0 bridgehead atoms. The maximum atomic E-state index is 11.5. The molecule has 8 heteroatoms. The number of nitrogens with zero attached hydrogens (tertiary/aromatic N) is 2. The number of rotatable bonds is 5. The average molecular weight is 333 g/mol. The van der Waals surface area contributed by atoms with Crippen molar-refractivity contribution in [1.82, 2.24) is 10.2 Å². The van der Waals surface area contributed by atoms with Gasteiger partial charge in [-0.25, -0.2) is 0 Å². The number of hydrogen-bond donors (Lipinski definition) is 2. The van der Waals surface area contributed by atoms with E-state index in [1.54, 1.807) is 6.07 Å². The number of nitrogens with one attached hydrogen (secondary N) is 1. The molecule has 1 amide bonds. The van der Waals surface area contributed by atoms with Crippen LogP contribution < -0.4 is 11.1 Å². The van der Waals surface area contributed by atoms with Crippen LogP contribution in [0.15, 0.2) is 24.3 Å². The van der Waals surface area contributed by atoms with Gasteiger partial charge in [0.25, 0.3) is 0 Å². The van der Waals surface area contributed by atoms with E-state index < -0.39 is 0 Å². The van der Waals surface area contributed by atoms with Crippen LogP contribution in [0.5, 0.6) is 0 Å². The molecular formula is C12H14Cl2N4OS. The van der Waals surface area contributed by atoms with Gasteiger partial charge in [0.15, 0.2) is 5.01 Å². The summed E-state index contributed by atoms with van der Waals surface area (Å²) >= 11 is 7.37. The predicted molar refractivity (Wildman–Crippen MR) is 84.5 cm³/mol. The van der Waals surface area contributed by atoms with Gasteiger partial charge in [0.05, 0.1) is 5.02 Å². The predicted octanol–water partition coefficient (Wildman–Crippen LogP) is 2.96. The second kappa shape index (κ2) is 8.16. The molecule has 1 heterocycles. The average Bonchev–Trinajstić information content (AvgIpc) is 2.85. The number of halogens is 2. The zero-order chi connectivity index (χ0) is 13.7. The molecule has 0 unspecified atom stereocenters. The smallest absolute Gasteiger partial charge is 0.226 e. The number of benzene rings is 1. The molecule has 0 saturated heterocycles. The Bertz CT molecular complexity index is 576. The third-order valence-corrected chi connectivity index (χ3v) is 3.59. The van der Waals surface area contributed by atoms with Crippen molar-refractivity contribution in [1.29, 1.82) is 0 Å². The summed E-state index contributed by atoms with van der Waals surface area (Å²) in [5.74, 6) is -0.104. The van der Waals surface area contributed by atoms with Crippen molar-refractivity contribution in [2.75, 3.05) is 11.9 Å². The molecule has 1 aromatic carbocycles. The fourth-order valence-corrected chi connectivity index (χ4v) is 2.54. The Balaban J connectivity index is 0.00000200. The normalized spacial score (nSPS) is 9.90. The lowest BCUT2D eigenvalue weighted by Gasteiger charge is -1.99. The first-order valence-electron chi connectivity index (χ1n) is 5.79. The van der Waals surface area contributed by atoms with E-state index >= 15 is 0 Å². The van der Waals surface area contributed by atoms with Gasteiger partial charge in [-0.15, -0.1) is 22.6 Å². The molecule has 2 rings (SSSR count). The van der Waals surface area contributed by atoms with E-state index in [0.717, 1.165) is 5.56 Å². The van der Waals surface area contributed by atoms with Crippen LogP contribution in [0.4, 0.5) is 5.13 Å². The Labute approximate surface area is 132 Å². The van der Waals surface area contributed by atoms with Gasteiger partial charge in [0.2, 0.25) is 11.0 Å². The molecule has 0 spiro atoms. The van der Waals surface area contributed by atoms with Crippen LogP contribution in [0.1, 0.15) is 12.8 Å². The molecule has 20 heavy (non-hydrogen) atoms. The largest absolute Gasteiger partial charge is 0.330 e. The summed E-state index contributed by atoms with van der Waals surface area (Å²) in [4.78, 5) is 11.5. The summed E-state index contributed by atoms with van der Waals surface area (Å²) in [6, 6.07) is 7.38. The Morgan fingerprint density at radius 2 is 2.10 bits per heavy atom. The molecule has 0 saturated carbocycles. The van der Waals surface area contributed by atoms with Crippen molar-refractivity contribution in [3.63, 3.8) is 0 Å². The highest BCUT2D eigenvalue weighted by atomic mass is 35.5. The van der Waals surface area contributed by atoms with Gasteiger partial charge in [-0.3, -0.25) is 4.79 Å². The highest BCUT2D eigenvalue weighted by Crippen LogP contribution is 2.31. The van der Waals surface area contributed by atoms with E-state index in [-0.39, 0.29) is 18.3 Å². The lowest BCUT2D eigenvalue weighted by atomic mass is 10.2. The first kappa shape index (κ1) is 16.8. The van der Waals surface area contributed by atoms with Crippen LogP contribution in [0.25, 0.3) is 10.6 Å². The maximum absolute atomic E-state index is 11.5. The summed E-state index contributed by atoms with van der Waals surface area (Å²) < 4.78 is 0. The fourth-order valence-electron chi connectivity index (χ4n) is 1.46. The molecule has 5 nitrogen and oxygen atoms in total. The van der Waals surface area contributed by atoms with Gasteiger partial charge in [0.1, 0.15) is 0 Å². The molecule has 3 N–H and O–H groups in total. The summed E-state index contributed by atoms with van der Waals surface area (Å²) in [7, 11) is 0. The Kier molecular flexibility index (Phi) is 6.87. The number of amides is 1. The Hall–Kier alpha value is -1.21. The van der Waals surface area contributed by atoms with Gasteiger partial charge in [-0.1, -0.05) is 41.1 Å². The molecule has 108 valence electrons. The van der Waals surface area contributed by atoms with E-state index in [4.69, 9.17) is 17.3 Å². The van der Waals surface area contributed by atoms with Crippen LogP contribution in [-0.2, 0) is 4.79 Å². The quantitative estimate of drug-likeness (QED) is 0.881. The van der Waals surface area contributed by atoms with Crippen molar-refractivity contribution in [3.05, 3.63) is 29.3 Å². The van der Waals surface area contributed by atoms with Gasteiger partial charge >= 0.3 is 0 Å². The summed E-state index contributed by atoms with van der Waals surface area (Å²) in [5, 5.41) is 12.4. The van der Waals surface area contributed by atoms with Crippen LogP contribution in [0, 0.1) is 0 Å². The van der Waals surface area contributed by atoms with E-state index in [1.165, 1.54) is 11.3 Å². The van der Waals surface area contributed by atoms with E-state index in [9.17, 15) is 4.79 Å². The van der Waals surface area contributed by atoms with Gasteiger partial charge in [-0.05, 0) is 19.0 Å². The molecule has 0 radical (unpaired) electrons. The fraction of sp³-hybridized carbons (Fsp3) is 0.250. The molecule has 0 aliphatic heterocycles. The minimum absolute atomic E-state index is 0. The second-order valence-electron chi connectivity index (χ2n) is 3.83. The lowest BCUT2D eigenvalue weighted by Crippen LogP contribution is -2.13.